The van der Waals surface area contributed by atoms with Crippen LogP contribution in [0.3, 0.4) is 0 Å². The van der Waals surface area contributed by atoms with Crippen LogP contribution in [0.2, 0.25) is 0 Å². The fourth-order valence-corrected chi connectivity index (χ4v) is 4.60. The van der Waals surface area contributed by atoms with E-state index in [0.717, 1.165) is 5.56 Å². The van der Waals surface area contributed by atoms with Crippen LogP contribution in [-0.4, -0.2) is 38.3 Å². The van der Waals surface area contributed by atoms with Crippen molar-refractivity contribution in [2.75, 3.05) is 18.1 Å². The Kier molecular flexibility index (Phi) is 6.21. The smallest absolute Gasteiger partial charge is 0.311 e. The summed E-state index contributed by atoms with van der Waals surface area (Å²) in [6.07, 6.45) is 0.521. The van der Waals surface area contributed by atoms with Crippen molar-refractivity contribution in [1.29, 1.82) is 0 Å². The highest BCUT2D eigenvalue weighted by molar-refractivity contribution is 7.91. The molecule has 0 aliphatic carbocycles. The summed E-state index contributed by atoms with van der Waals surface area (Å²) in [6, 6.07) is 5.04. The predicted octanol–water partition coefficient (Wildman–Crippen LogP) is 2.11. The fourth-order valence-electron chi connectivity index (χ4n) is 2.74. The van der Waals surface area contributed by atoms with Crippen LogP contribution < -0.4 is 10.1 Å². The summed E-state index contributed by atoms with van der Waals surface area (Å²) < 4.78 is 28.3. The van der Waals surface area contributed by atoms with Crippen LogP contribution >= 0.6 is 0 Å². The molecule has 1 fully saturated rings. The molecule has 1 aliphatic rings. The third-order valence-electron chi connectivity index (χ3n) is 4.06. The molecule has 1 N–H and O–H groups in total. The van der Waals surface area contributed by atoms with Crippen molar-refractivity contribution in [1.82, 2.24) is 5.32 Å². The molecule has 1 amide bonds. The molecule has 1 atom stereocenters. The SMILES string of the molecule is Cc1ccc(OC(=O)C[C@H]2CCS(=O)(=O)C2)c(C(=O)NCC(C)C)c1. The maximum atomic E-state index is 12.4. The monoisotopic (exact) mass is 367 g/mol. The highest BCUT2D eigenvalue weighted by Crippen LogP contribution is 2.25. The van der Waals surface area contributed by atoms with Gasteiger partial charge < -0.3 is 10.1 Å². The average Bonchev–Trinajstić information content (AvgIpc) is 2.85. The number of esters is 1. The van der Waals surface area contributed by atoms with Gasteiger partial charge in [0.15, 0.2) is 9.84 Å². The van der Waals surface area contributed by atoms with Crippen LogP contribution in [0.15, 0.2) is 18.2 Å². The maximum absolute atomic E-state index is 12.4. The predicted molar refractivity (Wildman–Crippen MR) is 95.4 cm³/mol. The Bertz CT molecular complexity index is 755. The summed E-state index contributed by atoms with van der Waals surface area (Å²) in [5.41, 5.74) is 1.20. The van der Waals surface area contributed by atoms with Crippen molar-refractivity contribution in [3.63, 3.8) is 0 Å². The zero-order valence-corrected chi connectivity index (χ0v) is 15.7. The Labute approximate surface area is 148 Å². The van der Waals surface area contributed by atoms with E-state index in [1.165, 1.54) is 0 Å². The molecule has 25 heavy (non-hydrogen) atoms. The molecule has 6 nitrogen and oxygen atoms in total. The molecular formula is C18H25NO5S. The summed E-state index contributed by atoms with van der Waals surface area (Å²) in [5.74, 6) is -0.341. The standard InChI is InChI=1S/C18H25NO5S/c1-12(2)10-19-18(21)15-8-13(3)4-5-16(15)24-17(20)9-14-6-7-25(22,23)11-14/h4-5,8,12,14H,6-7,9-11H2,1-3H3,(H,19,21)/t14-/m1/s1. The van der Waals surface area contributed by atoms with Gasteiger partial charge in [-0.1, -0.05) is 25.5 Å². The van der Waals surface area contributed by atoms with Crippen molar-refractivity contribution >= 4 is 21.7 Å². The molecule has 1 saturated heterocycles. The van der Waals surface area contributed by atoms with Crippen molar-refractivity contribution < 1.29 is 22.7 Å². The second kappa shape index (κ2) is 7.99. The first-order chi connectivity index (χ1) is 11.7. The van der Waals surface area contributed by atoms with Crippen molar-refractivity contribution in [2.45, 2.75) is 33.6 Å². The van der Waals surface area contributed by atoms with E-state index in [1.54, 1.807) is 18.2 Å². The molecule has 0 aromatic heterocycles. The minimum Gasteiger partial charge on any atom is -0.426 e. The molecule has 1 aromatic carbocycles. The van der Waals surface area contributed by atoms with Crippen molar-refractivity contribution in [3.05, 3.63) is 29.3 Å². The summed E-state index contributed by atoms with van der Waals surface area (Å²) in [4.78, 5) is 24.5. The molecule has 1 aromatic rings. The number of nitrogens with one attached hydrogen (secondary N) is 1. The van der Waals surface area contributed by atoms with Crippen molar-refractivity contribution in [3.8, 4) is 5.75 Å². The molecule has 0 spiro atoms. The molecule has 0 bridgehead atoms. The summed E-state index contributed by atoms with van der Waals surface area (Å²) >= 11 is 0. The average molecular weight is 367 g/mol. The van der Waals surface area contributed by atoms with Gasteiger partial charge in [-0.25, -0.2) is 8.42 Å². The van der Waals surface area contributed by atoms with Gasteiger partial charge in [-0.2, -0.15) is 0 Å². The molecule has 1 heterocycles. The Balaban J connectivity index is 2.05. The first-order valence-electron chi connectivity index (χ1n) is 8.46. The minimum absolute atomic E-state index is 0.0255. The van der Waals surface area contributed by atoms with Crippen LogP contribution in [0.5, 0.6) is 5.75 Å². The summed E-state index contributed by atoms with van der Waals surface area (Å²) in [6.45, 7) is 6.37. The van der Waals surface area contributed by atoms with E-state index in [4.69, 9.17) is 4.74 Å². The lowest BCUT2D eigenvalue weighted by atomic mass is 10.1. The minimum atomic E-state index is -3.03. The molecule has 0 saturated carbocycles. The number of amides is 1. The number of ether oxygens (including phenoxy) is 1. The van der Waals surface area contributed by atoms with Crippen LogP contribution in [-0.2, 0) is 14.6 Å². The van der Waals surface area contributed by atoms with Gasteiger partial charge in [0.05, 0.1) is 17.1 Å². The Hall–Kier alpha value is -1.89. The molecule has 0 unspecified atom stereocenters. The van der Waals surface area contributed by atoms with E-state index in [1.807, 2.05) is 20.8 Å². The van der Waals surface area contributed by atoms with E-state index in [0.29, 0.717) is 24.4 Å². The zero-order chi connectivity index (χ0) is 18.6. The fraction of sp³-hybridized carbons (Fsp3) is 0.556. The number of carbonyl (C=O) groups excluding carboxylic acids is 2. The van der Waals surface area contributed by atoms with Gasteiger partial charge in [-0.3, -0.25) is 9.59 Å². The second-order valence-electron chi connectivity index (χ2n) is 7.05. The second-order valence-corrected chi connectivity index (χ2v) is 9.28. The number of aryl methyl sites for hydroxylation is 1. The highest BCUT2D eigenvalue weighted by atomic mass is 32.2. The summed E-state index contributed by atoms with van der Waals surface area (Å²) in [7, 11) is -3.03. The quantitative estimate of drug-likeness (QED) is 0.614. The van der Waals surface area contributed by atoms with E-state index in [2.05, 4.69) is 5.32 Å². The van der Waals surface area contributed by atoms with E-state index >= 15 is 0 Å². The van der Waals surface area contributed by atoms with Gasteiger partial charge in [0.1, 0.15) is 5.75 Å². The van der Waals surface area contributed by atoms with Crippen LogP contribution in [0.1, 0.15) is 42.6 Å². The number of hydrogen-bond donors (Lipinski definition) is 1. The van der Waals surface area contributed by atoms with Crippen LogP contribution in [0.4, 0.5) is 0 Å². The third kappa shape index (κ3) is 5.85. The Morgan fingerprint density at radius 3 is 2.64 bits per heavy atom. The van der Waals surface area contributed by atoms with E-state index < -0.39 is 15.8 Å². The maximum Gasteiger partial charge on any atom is 0.311 e. The van der Waals surface area contributed by atoms with Gasteiger partial charge in [-0.15, -0.1) is 0 Å². The Morgan fingerprint density at radius 1 is 1.32 bits per heavy atom. The third-order valence-corrected chi connectivity index (χ3v) is 5.89. The number of sulfone groups is 1. The highest BCUT2D eigenvalue weighted by Gasteiger charge is 2.30. The van der Waals surface area contributed by atoms with E-state index in [-0.39, 0.29) is 35.5 Å². The lowest BCUT2D eigenvalue weighted by Crippen LogP contribution is -2.28. The molecule has 138 valence electrons. The molecule has 2 rings (SSSR count). The summed E-state index contributed by atoms with van der Waals surface area (Å²) in [5, 5.41) is 2.81. The molecule has 1 aliphatic heterocycles. The molecule has 0 radical (unpaired) electrons. The molecular weight excluding hydrogens is 342 g/mol. The van der Waals surface area contributed by atoms with Gasteiger partial charge in [0, 0.05) is 13.0 Å². The normalized spacial score (nSPS) is 19.0. The Morgan fingerprint density at radius 2 is 2.04 bits per heavy atom. The lowest BCUT2D eigenvalue weighted by molar-refractivity contribution is -0.135. The van der Waals surface area contributed by atoms with E-state index in [9.17, 15) is 18.0 Å². The van der Waals surface area contributed by atoms with Gasteiger partial charge in [0.25, 0.3) is 5.91 Å². The largest absolute Gasteiger partial charge is 0.426 e. The van der Waals surface area contributed by atoms with Gasteiger partial charge in [0.2, 0.25) is 0 Å². The number of carbonyl (C=O) groups is 2. The van der Waals surface area contributed by atoms with Crippen molar-refractivity contribution in [2.24, 2.45) is 11.8 Å². The van der Waals surface area contributed by atoms with Crippen LogP contribution in [0.25, 0.3) is 0 Å². The van der Waals surface area contributed by atoms with Crippen LogP contribution in [0, 0.1) is 18.8 Å². The first kappa shape index (κ1) is 19.4. The number of benzene rings is 1. The number of rotatable bonds is 6. The molecule has 7 heteroatoms. The number of hydrogen-bond acceptors (Lipinski definition) is 5. The lowest BCUT2D eigenvalue weighted by Gasteiger charge is -2.13. The van der Waals surface area contributed by atoms with Gasteiger partial charge in [-0.05, 0) is 37.3 Å². The zero-order valence-electron chi connectivity index (χ0n) is 14.9. The van der Waals surface area contributed by atoms with Gasteiger partial charge >= 0.3 is 5.97 Å². The first-order valence-corrected chi connectivity index (χ1v) is 10.3. The topological polar surface area (TPSA) is 89.5 Å².